The van der Waals surface area contributed by atoms with E-state index in [1.165, 1.54) is 0 Å². The van der Waals surface area contributed by atoms with Crippen LogP contribution in [0.4, 0.5) is 0 Å². The SMILES string of the molecule is CC[C@]1(Cl)C(=O)OC12CCCC2. The minimum atomic E-state index is -0.691. The number of rotatable bonds is 1. The van der Waals surface area contributed by atoms with E-state index in [0.29, 0.717) is 6.42 Å². The second-order valence-corrected chi connectivity index (χ2v) is 4.39. The van der Waals surface area contributed by atoms with Gasteiger partial charge < -0.3 is 4.74 Å². The van der Waals surface area contributed by atoms with Crippen molar-refractivity contribution in [3.63, 3.8) is 0 Å². The van der Waals surface area contributed by atoms with Gasteiger partial charge in [-0.3, -0.25) is 0 Å². The van der Waals surface area contributed by atoms with Gasteiger partial charge in [-0.05, 0) is 32.1 Å². The Morgan fingerprint density at radius 3 is 2.50 bits per heavy atom. The molecule has 1 aliphatic heterocycles. The molecule has 1 heterocycles. The summed E-state index contributed by atoms with van der Waals surface area (Å²) >= 11 is 6.23. The van der Waals surface area contributed by atoms with E-state index in [1.807, 2.05) is 6.92 Å². The van der Waals surface area contributed by atoms with Crippen LogP contribution in [0.5, 0.6) is 0 Å². The van der Waals surface area contributed by atoms with E-state index in [0.717, 1.165) is 25.7 Å². The number of carbonyl (C=O) groups excluding carboxylic acids is 1. The van der Waals surface area contributed by atoms with Crippen molar-refractivity contribution >= 4 is 17.6 Å². The summed E-state index contributed by atoms with van der Waals surface area (Å²) < 4.78 is 5.22. The van der Waals surface area contributed by atoms with E-state index in [2.05, 4.69) is 0 Å². The number of hydrogen-bond donors (Lipinski definition) is 0. The van der Waals surface area contributed by atoms with Crippen molar-refractivity contribution in [2.75, 3.05) is 0 Å². The van der Waals surface area contributed by atoms with Gasteiger partial charge in [-0.25, -0.2) is 4.79 Å². The number of esters is 1. The van der Waals surface area contributed by atoms with Gasteiger partial charge in [0.25, 0.3) is 0 Å². The maximum Gasteiger partial charge on any atom is 0.332 e. The Hall–Kier alpha value is -0.240. The van der Waals surface area contributed by atoms with Crippen molar-refractivity contribution in [1.82, 2.24) is 0 Å². The van der Waals surface area contributed by atoms with Gasteiger partial charge >= 0.3 is 5.97 Å². The van der Waals surface area contributed by atoms with Crippen LogP contribution in [0.1, 0.15) is 39.0 Å². The summed E-state index contributed by atoms with van der Waals surface area (Å²) in [6, 6.07) is 0. The van der Waals surface area contributed by atoms with E-state index >= 15 is 0 Å². The fourth-order valence-electron chi connectivity index (χ4n) is 2.39. The fourth-order valence-corrected chi connectivity index (χ4v) is 2.66. The van der Waals surface area contributed by atoms with Gasteiger partial charge in [-0.15, -0.1) is 11.6 Å². The Balaban J connectivity index is 2.24. The van der Waals surface area contributed by atoms with Gasteiger partial charge in [0.15, 0.2) is 4.87 Å². The van der Waals surface area contributed by atoms with Crippen LogP contribution in [0.25, 0.3) is 0 Å². The van der Waals surface area contributed by atoms with Gasteiger partial charge in [0, 0.05) is 0 Å². The first kappa shape index (κ1) is 8.36. The van der Waals surface area contributed by atoms with Gasteiger partial charge in [0.1, 0.15) is 5.60 Å². The Labute approximate surface area is 77.2 Å². The molecule has 1 saturated heterocycles. The zero-order chi connectivity index (χ0) is 8.82. The molecule has 0 N–H and O–H groups in total. The van der Waals surface area contributed by atoms with Crippen LogP contribution in [0.15, 0.2) is 0 Å². The molecule has 2 nitrogen and oxygen atoms in total. The molecule has 2 aliphatic rings. The van der Waals surface area contributed by atoms with Crippen LogP contribution in [-0.2, 0) is 9.53 Å². The molecule has 1 atom stereocenters. The average molecular weight is 189 g/mol. The van der Waals surface area contributed by atoms with E-state index in [1.54, 1.807) is 0 Å². The van der Waals surface area contributed by atoms with E-state index in [9.17, 15) is 4.79 Å². The third-order valence-corrected chi connectivity index (χ3v) is 4.00. The molecule has 0 unspecified atom stereocenters. The normalized spacial score (nSPS) is 38.0. The smallest absolute Gasteiger partial charge is 0.332 e. The molecule has 0 amide bonds. The van der Waals surface area contributed by atoms with Crippen molar-refractivity contribution in [3.8, 4) is 0 Å². The van der Waals surface area contributed by atoms with Gasteiger partial charge in [-0.2, -0.15) is 0 Å². The van der Waals surface area contributed by atoms with Crippen molar-refractivity contribution in [3.05, 3.63) is 0 Å². The van der Waals surface area contributed by atoms with E-state index in [-0.39, 0.29) is 11.6 Å². The lowest BCUT2D eigenvalue weighted by Gasteiger charge is -2.51. The second-order valence-electron chi connectivity index (χ2n) is 3.75. The lowest BCUT2D eigenvalue weighted by molar-refractivity contribution is -0.204. The van der Waals surface area contributed by atoms with Crippen LogP contribution >= 0.6 is 11.6 Å². The molecule has 68 valence electrons. The largest absolute Gasteiger partial charge is 0.455 e. The summed E-state index contributed by atoms with van der Waals surface area (Å²) in [5.74, 6) is -0.214. The highest BCUT2D eigenvalue weighted by molar-refractivity contribution is 6.37. The molecule has 3 heteroatoms. The number of hydrogen-bond acceptors (Lipinski definition) is 2. The summed E-state index contributed by atoms with van der Waals surface area (Å²) in [7, 11) is 0. The minimum Gasteiger partial charge on any atom is -0.455 e. The maximum atomic E-state index is 11.2. The summed E-state index contributed by atoms with van der Waals surface area (Å²) in [6.07, 6.45) is 4.88. The van der Waals surface area contributed by atoms with Crippen molar-refractivity contribution in [1.29, 1.82) is 0 Å². The average Bonchev–Trinajstić information content (AvgIpc) is 2.54. The summed E-state index contributed by atoms with van der Waals surface area (Å²) in [4.78, 5) is 10.5. The van der Waals surface area contributed by atoms with Crippen LogP contribution in [0.2, 0.25) is 0 Å². The molecule has 0 aromatic carbocycles. The molecular weight excluding hydrogens is 176 g/mol. The lowest BCUT2D eigenvalue weighted by atomic mass is 9.78. The quantitative estimate of drug-likeness (QED) is 0.466. The van der Waals surface area contributed by atoms with Crippen LogP contribution in [-0.4, -0.2) is 16.4 Å². The third-order valence-electron chi connectivity index (χ3n) is 3.23. The molecule has 0 aromatic rings. The molecule has 12 heavy (non-hydrogen) atoms. The monoisotopic (exact) mass is 188 g/mol. The Morgan fingerprint density at radius 2 is 2.08 bits per heavy atom. The zero-order valence-corrected chi connectivity index (χ0v) is 7.99. The molecular formula is C9H13ClO2. The fraction of sp³-hybridized carbons (Fsp3) is 0.889. The van der Waals surface area contributed by atoms with Crippen LogP contribution in [0, 0.1) is 0 Å². The molecule has 0 aromatic heterocycles. The van der Waals surface area contributed by atoms with E-state index in [4.69, 9.17) is 16.3 Å². The standard InChI is InChI=1S/C9H13ClO2/c1-2-9(10)7(11)12-8(9)5-3-4-6-8/h2-6H2,1H3/t9-/m0/s1. The molecule has 2 fully saturated rings. The highest BCUT2D eigenvalue weighted by Crippen LogP contribution is 2.54. The third kappa shape index (κ3) is 0.743. The second kappa shape index (κ2) is 2.38. The highest BCUT2D eigenvalue weighted by Gasteiger charge is 2.67. The zero-order valence-electron chi connectivity index (χ0n) is 7.23. The summed E-state index contributed by atoms with van der Waals surface area (Å²) in [5, 5.41) is 0. The predicted octanol–water partition coefficient (Wildman–Crippen LogP) is 2.24. The summed E-state index contributed by atoms with van der Waals surface area (Å²) in [6.45, 7) is 1.95. The molecule has 1 spiro atoms. The number of halogens is 1. The Morgan fingerprint density at radius 1 is 1.50 bits per heavy atom. The van der Waals surface area contributed by atoms with E-state index < -0.39 is 4.87 Å². The number of alkyl halides is 1. The highest BCUT2D eigenvalue weighted by atomic mass is 35.5. The molecule has 0 radical (unpaired) electrons. The first-order valence-corrected chi connectivity index (χ1v) is 4.95. The predicted molar refractivity (Wildman–Crippen MR) is 46.2 cm³/mol. The van der Waals surface area contributed by atoms with Crippen molar-refractivity contribution < 1.29 is 9.53 Å². The minimum absolute atomic E-state index is 0.214. The van der Waals surface area contributed by atoms with Gasteiger partial charge in [0.05, 0.1) is 0 Å². The van der Waals surface area contributed by atoms with Gasteiger partial charge in [0.2, 0.25) is 0 Å². The van der Waals surface area contributed by atoms with Gasteiger partial charge in [-0.1, -0.05) is 6.92 Å². The molecule has 1 saturated carbocycles. The Kier molecular flexibility index (Phi) is 1.66. The Bertz CT molecular complexity index is 221. The first-order chi connectivity index (χ1) is 5.65. The van der Waals surface area contributed by atoms with Crippen molar-refractivity contribution in [2.24, 2.45) is 0 Å². The lowest BCUT2D eigenvalue weighted by Crippen LogP contribution is -2.67. The van der Waals surface area contributed by atoms with Crippen LogP contribution in [0.3, 0.4) is 0 Å². The first-order valence-electron chi connectivity index (χ1n) is 4.57. The number of carbonyl (C=O) groups is 1. The van der Waals surface area contributed by atoms with Crippen LogP contribution < -0.4 is 0 Å². The maximum absolute atomic E-state index is 11.2. The number of ether oxygens (including phenoxy) is 1. The molecule has 2 rings (SSSR count). The molecule has 1 aliphatic carbocycles. The summed E-state index contributed by atoms with van der Waals surface area (Å²) in [5.41, 5.74) is -0.291. The topological polar surface area (TPSA) is 26.3 Å². The molecule has 0 bridgehead atoms. The van der Waals surface area contributed by atoms with Crippen molar-refractivity contribution in [2.45, 2.75) is 49.5 Å².